The molecule has 2 fully saturated rings. The van der Waals surface area contributed by atoms with Crippen molar-refractivity contribution >= 4 is 11.8 Å². The lowest BCUT2D eigenvalue weighted by molar-refractivity contribution is 0.105. The first kappa shape index (κ1) is 18.2. The van der Waals surface area contributed by atoms with Crippen molar-refractivity contribution in [2.45, 2.75) is 58.9 Å². The van der Waals surface area contributed by atoms with Gasteiger partial charge in [-0.3, -0.25) is 0 Å². The van der Waals surface area contributed by atoms with E-state index in [1.807, 2.05) is 11.8 Å². The molecular formula is C18H33N3O2. The molecule has 2 aliphatic heterocycles. The summed E-state index contributed by atoms with van der Waals surface area (Å²) in [6.45, 7) is 10.4. The smallest absolute Gasteiger partial charge is 0.409 e. The third kappa shape index (κ3) is 4.93. The van der Waals surface area contributed by atoms with E-state index in [0.29, 0.717) is 24.5 Å². The predicted octanol–water partition coefficient (Wildman–Crippen LogP) is 3.39. The van der Waals surface area contributed by atoms with Gasteiger partial charge in [0.2, 0.25) is 0 Å². The van der Waals surface area contributed by atoms with Gasteiger partial charge in [0.05, 0.1) is 6.61 Å². The molecule has 1 amide bonds. The maximum absolute atomic E-state index is 11.9. The van der Waals surface area contributed by atoms with Gasteiger partial charge in [-0.05, 0) is 64.0 Å². The molecule has 2 aliphatic rings. The van der Waals surface area contributed by atoms with E-state index in [2.05, 4.69) is 18.7 Å². The molecule has 0 aromatic heterocycles. The number of likely N-dealkylation sites (tertiary alicyclic amines) is 2. The molecule has 2 rings (SSSR count). The summed E-state index contributed by atoms with van der Waals surface area (Å²) < 4.78 is 5.13. The molecular weight excluding hydrogens is 290 g/mol. The van der Waals surface area contributed by atoms with Gasteiger partial charge < -0.3 is 19.9 Å². The Morgan fingerprint density at radius 3 is 2.43 bits per heavy atom. The second-order valence-electron chi connectivity index (χ2n) is 7.19. The van der Waals surface area contributed by atoms with Gasteiger partial charge in [-0.25, -0.2) is 4.79 Å². The number of carbonyl (C=O) groups is 1. The largest absolute Gasteiger partial charge is 0.450 e. The number of carbonyl (C=O) groups excluding carboxylic acids is 1. The number of hydrogen-bond donors (Lipinski definition) is 1. The van der Waals surface area contributed by atoms with Crippen molar-refractivity contribution in [3.63, 3.8) is 0 Å². The van der Waals surface area contributed by atoms with Crippen molar-refractivity contribution in [3.05, 3.63) is 0 Å². The second-order valence-corrected chi connectivity index (χ2v) is 7.19. The van der Waals surface area contributed by atoms with E-state index in [1.54, 1.807) is 0 Å². The summed E-state index contributed by atoms with van der Waals surface area (Å²) in [6.07, 6.45) is 5.36. The highest BCUT2D eigenvalue weighted by atomic mass is 16.6. The Morgan fingerprint density at radius 1 is 1.13 bits per heavy atom. The summed E-state index contributed by atoms with van der Waals surface area (Å²) in [7, 11) is 0. The molecule has 5 heteroatoms. The molecule has 0 saturated carbocycles. The number of piperidine rings is 1. The second kappa shape index (κ2) is 8.67. The highest BCUT2D eigenvalue weighted by Crippen LogP contribution is 2.26. The highest BCUT2D eigenvalue weighted by Gasteiger charge is 2.30. The fraction of sp³-hybridized carbons (Fsp3) is 0.889. The van der Waals surface area contributed by atoms with Crippen molar-refractivity contribution in [2.75, 3.05) is 32.8 Å². The average molecular weight is 323 g/mol. The summed E-state index contributed by atoms with van der Waals surface area (Å²) in [5.74, 6) is 0.857. The van der Waals surface area contributed by atoms with Gasteiger partial charge in [0.25, 0.3) is 0 Å². The molecule has 0 spiro atoms. The van der Waals surface area contributed by atoms with Crippen molar-refractivity contribution in [3.8, 4) is 0 Å². The van der Waals surface area contributed by atoms with Crippen LogP contribution in [0.1, 0.15) is 52.9 Å². The quantitative estimate of drug-likeness (QED) is 0.807. The van der Waals surface area contributed by atoms with Gasteiger partial charge in [-0.2, -0.15) is 0 Å². The minimum absolute atomic E-state index is 0.155. The summed E-state index contributed by atoms with van der Waals surface area (Å²) in [5, 5.41) is 8.22. The lowest BCUT2D eigenvalue weighted by Crippen LogP contribution is -2.43. The number of nitrogens with one attached hydrogen (secondary N) is 1. The van der Waals surface area contributed by atoms with E-state index in [9.17, 15) is 4.79 Å². The third-order valence-electron chi connectivity index (χ3n) is 5.33. The van der Waals surface area contributed by atoms with Gasteiger partial charge in [0.15, 0.2) is 0 Å². The Hall–Kier alpha value is -1.10. The molecule has 23 heavy (non-hydrogen) atoms. The molecule has 0 bridgehead atoms. The van der Waals surface area contributed by atoms with Crippen LogP contribution in [0.15, 0.2) is 0 Å². The van der Waals surface area contributed by atoms with Crippen LogP contribution in [0, 0.1) is 17.2 Å². The van der Waals surface area contributed by atoms with E-state index < -0.39 is 0 Å². The Kier molecular flexibility index (Phi) is 6.88. The maximum Gasteiger partial charge on any atom is 0.409 e. The Bertz CT molecular complexity index is 403. The molecule has 0 radical (unpaired) electrons. The topological polar surface area (TPSA) is 56.6 Å². The van der Waals surface area contributed by atoms with Crippen molar-refractivity contribution < 1.29 is 9.53 Å². The number of amides is 1. The monoisotopic (exact) mass is 323 g/mol. The van der Waals surface area contributed by atoms with Gasteiger partial charge in [0, 0.05) is 24.8 Å². The number of rotatable bonds is 4. The molecule has 0 aromatic rings. The van der Waals surface area contributed by atoms with Crippen LogP contribution >= 0.6 is 0 Å². The Labute approximate surface area is 140 Å². The SMILES string of the molecule is CCOC(=O)N1CCCC(N2CCC(C(=N)C(C)C)CC2)CC1. The van der Waals surface area contributed by atoms with Crippen molar-refractivity contribution in [1.29, 1.82) is 5.41 Å². The van der Waals surface area contributed by atoms with Crippen LogP contribution in [-0.4, -0.2) is 60.4 Å². The summed E-state index contributed by atoms with van der Waals surface area (Å²) in [6, 6.07) is 0.587. The average Bonchev–Trinajstić information content (AvgIpc) is 2.80. The number of hydrogen-bond acceptors (Lipinski definition) is 4. The van der Waals surface area contributed by atoms with E-state index in [4.69, 9.17) is 10.1 Å². The first-order valence-corrected chi connectivity index (χ1v) is 9.27. The summed E-state index contributed by atoms with van der Waals surface area (Å²) >= 11 is 0. The normalized spacial score (nSPS) is 24.5. The van der Waals surface area contributed by atoms with Gasteiger partial charge >= 0.3 is 6.09 Å². The zero-order valence-electron chi connectivity index (χ0n) is 15.0. The van der Waals surface area contributed by atoms with Crippen LogP contribution in [0.3, 0.4) is 0 Å². The van der Waals surface area contributed by atoms with Gasteiger partial charge in [-0.15, -0.1) is 0 Å². The molecule has 1 unspecified atom stereocenters. The molecule has 1 N–H and O–H groups in total. The third-order valence-corrected chi connectivity index (χ3v) is 5.33. The highest BCUT2D eigenvalue weighted by molar-refractivity contribution is 5.85. The zero-order chi connectivity index (χ0) is 16.8. The maximum atomic E-state index is 11.9. The van der Waals surface area contributed by atoms with Crippen molar-refractivity contribution in [1.82, 2.24) is 9.80 Å². The lowest BCUT2D eigenvalue weighted by atomic mass is 9.86. The van der Waals surface area contributed by atoms with Crippen LogP contribution in [0.25, 0.3) is 0 Å². The van der Waals surface area contributed by atoms with Crippen LogP contribution in [-0.2, 0) is 4.74 Å². The number of nitrogens with zero attached hydrogens (tertiary/aromatic N) is 2. The standard InChI is InChI=1S/C18H33N3O2/c1-4-23-18(22)21-10-5-6-16(9-13-21)20-11-7-15(8-12-20)17(19)14(2)3/h14-16,19H,4-13H2,1-3H3. The molecule has 132 valence electrons. The predicted molar refractivity (Wildman–Crippen MR) is 93.1 cm³/mol. The minimum atomic E-state index is -0.155. The lowest BCUT2D eigenvalue weighted by Gasteiger charge is -2.38. The number of ether oxygens (including phenoxy) is 1. The van der Waals surface area contributed by atoms with Crippen molar-refractivity contribution in [2.24, 2.45) is 11.8 Å². The molecule has 1 atom stereocenters. The summed E-state index contributed by atoms with van der Waals surface area (Å²) in [4.78, 5) is 16.3. The Balaban J connectivity index is 1.80. The van der Waals surface area contributed by atoms with E-state index in [-0.39, 0.29) is 6.09 Å². The molecule has 0 aliphatic carbocycles. The van der Waals surface area contributed by atoms with Gasteiger partial charge in [0.1, 0.15) is 0 Å². The molecule has 5 nitrogen and oxygen atoms in total. The molecule has 2 heterocycles. The molecule has 2 saturated heterocycles. The van der Waals surface area contributed by atoms with E-state index in [0.717, 1.165) is 57.6 Å². The van der Waals surface area contributed by atoms with E-state index >= 15 is 0 Å². The first-order valence-electron chi connectivity index (χ1n) is 9.27. The fourth-order valence-electron chi connectivity index (χ4n) is 3.89. The minimum Gasteiger partial charge on any atom is -0.450 e. The van der Waals surface area contributed by atoms with Crippen LogP contribution in [0.2, 0.25) is 0 Å². The zero-order valence-corrected chi connectivity index (χ0v) is 15.0. The van der Waals surface area contributed by atoms with Gasteiger partial charge in [-0.1, -0.05) is 13.8 Å². The van der Waals surface area contributed by atoms with Crippen LogP contribution in [0.4, 0.5) is 4.79 Å². The first-order chi connectivity index (χ1) is 11.0. The van der Waals surface area contributed by atoms with Crippen LogP contribution < -0.4 is 0 Å². The molecule has 0 aromatic carbocycles. The van der Waals surface area contributed by atoms with E-state index in [1.165, 1.54) is 6.42 Å². The van der Waals surface area contributed by atoms with Crippen LogP contribution in [0.5, 0.6) is 0 Å². The Morgan fingerprint density at radius 2 is 1.83 bits per heavy atom. The fourth-order valence-corrected chi connectivity index (χ4v) is 3.89. The summed E-state index contributed by atoms with van der Waals surface area (Å²) in [5.41, 5.74) is 0.930.